The first-order valence-electron chi connectivity index (χ1n) is 11.2. The summed E-state index contributed by atoms with van der Waals surface area (Å²) >= 11 is 1.71. The van der Waals surface area contributed by atoms with Gasteiger partial charge in [-0.25, -0.2) is 0 Å². The number of likely N-dealkylation sites (N-methyl/N-ethyl adjacent to an activating group) is 1. The molecule has 0 spiro atoms. The van der Waals surface area contributed by atoms with Gasteiger partial charge < -0.3 is 20.2 Å². The van der Waals surface area contributed by atoms with Crippen molar-refractivity contribution in [1.29, 1.82) is 0 Å². The van der Waals surface area contributed by atoms with Gasteiger partial charge in [0, 0.05) is 62.8 Å². The molecule has 0 aliphatic rings. The maximum atomic E-state index is 4.40. The zero-order valence-electron chi connectivity index (χ0n) is 19.2. The highest BCUT2D eigenvalue weighted by atomic mass is 32.1. The third-order valence-electron chi connectivity index (χ3n) is 6.11. The van der Waals surface area contributed by atoms with Crippen LogP contribution in [0.15, 0.2) is 47.7 Å². The fourth-order valence-corrected chi connectivity index (χ4v) is 5.01. The number of para-hydroxylation sites is 1. The lowest BCUT2D eigenvalue weighted by Crippen LogP contribution is -2.31. The topological polar surface area (TPSA) is 46.8 Å². The number of fused-ring (bicyclic) bond motifs is 1. The van der Waals surface area contributed by atoms with Crippen LogP contribution in [-0.4, -0.2) is 41.0 Å². The summed E-state index contributed by atoms with van der Waals surface area (Å²) in [6.07, 6.45) is 2.22. The Labute approximate surface area is 194 Å². The molecule has 0 aliphatic carbocycles. The molecule has 1 aromatic carbocycles. The van der Waals surface area contributed by atoms with Crippen LogP contribution in [0.1, 0.15) is 30.8 Å². The molecule has 3 aromatic heterocycles. The third kappa shape index (κ3) is 4.31. The molecule has 4 nitrogen and oxygen atoms in total. The standard InChI is InChI=1S/C27H32N4S/c1-6-31(7-2)14-13-28-19(4)26-20(5)30-25(27(26)21-12-15-32-17-21)16-23-18(3)29-24-11-9-8-10-22(23)24/h8-12,15-17,28-30H,3-4,6-7,13-14H2,1-2,5H3/b23-16+. The number of nitrogens with one attached hydrogen (secondary N) is 3. The Kier molecular flexibility index (Phi) is 6.68. The second-order valence-electron chi connectivity index (χ2n) is 8.07. The van der Waals surface area contributed by atoms with E-state index in [-0.39, 0.29) is 0 Å². The Hall–Kier alpha value is -3.02. The molecule has 0 radical (unpaired) electrons. The van der Waals surface area contributed by atoms with Gasteiger partial charge in [-0.05, 0) is 54.5 Å². The maximum Gasteiger partial charge on any atom is 0.0476 e. The van der Waals surface area contributed by atoms with Gasteiger partial charge in [-0.3, -0.25) is 0 Å². The average Bonchev–Trinajstić information content (AvgIpc) is 3.49. The molecule has 3 heterocycles. The summed E-state index contributed by atoms with van der Waals surface area (Å²) in [4.78, 5) is 9.45. The van der Waals surface area contributed by atoms with E-state index < -0.39 is 0 Å². The number of benzene rings is 1. The van der Waals surface area contributed by atoms with Crippen molar-refractivity contribution in [1.82, 2.24) is 20.2 Å². The van der Waals surface area contributed by atoms with Crippen LogP contribution in [0.4, 0.5) is 0 Å². The number of hydrogen-bond donors (Lipinski definition) is 3. The Morgan fingerprint density at radius 1 is 1.16 bits per heavy atom. The van der Waals surface area contributed by atoms with Gasteiger partial charge in [0.2, 0.25) is 0 Å². The van der Waals surface area contributed by atoms with E-state index in [2.05, 4.69) is 95.2 Å². The van der Waals surface area contributed by atoms with E-state index in [1.54, 1.807) is 11.3 Å². The van der Waals surface area contributed by atoms with E-state index >= 15 is 0 Å². The summed E-state index contributed by atoms with van der Waals surface area (Å²) in [5.41, 5.74) is 7.80. The predicted octanol–water partition coefficient (Wildman–Crippen LogP) is 4.67. The van der Waals surface area contributed by atoms with Gasteiger partial charge in [0.1, 0.15) is 0 Å². The first kappa shape index (κ1) is 22.2. The van der Waals surface area contributed by atoms with Crippen molar-refractivity contribution in [2.24, 2.45) is 0 Å². The molecule has 0 amide bonds. The second-order valence-corrected chi connectivity index (χ2v) is 8.85. The maximum absolute atomic E-state index is 4.40. The molecule has 3 N–H and O–H groups in total. The van der Waals surface area contributed by atoms with E-state index in [1.807, 2.05) is 6.07 Å². The Morgan fingerprint density at radius 3 is 2.66 bits per heavy atom. The Morgan fingerprint density at radius 2 is 1.94 bits per heavy atom. The molecule has 0 atom stereocenters. The van der Waals surface area contributed by atoms with Crippen LogP contribution < -0.4 is 15.9 Å². The zero-order chi connectivity index (χ0) is 22.7. The van der Waals surface area contributed by atoms with Crippen molar-refractivity contribution >= 4 is 40.6 Å². The Balaban J connectivity index is 1.78. The van der Waals surface area contributed by atoms with Crippen molar-refractivity contribution in [3.8, 4) is 11.1 Å². The number of hydrogen-bond acceptors (Lipinski definition) is 3. The normalized spacial score (nSPS) is 12.2. The number of nitrogens with zero attached hydrogens (tertiary/aromatic N) is 1. The van der Waals surface area contributed by atoms with E-state index in [1.165, 1.54) is 16.5 Å². The lowest BCUT2D eigenvalue weighted by atomic mass is 10.00. The number of thiophene rings is 1. The molecule has 4 rings (SSSR count). The summed E-state index contributed by atoms with van der Waals surface area (Å²) in [7, 11) is 0. The van der Waals surface area contributed by atoms with Crippen molar-refractivity contribution < 1.29 is 0 Å². The smallest absolute Gasteiger partial charge is 0.0476 e. The fourth-order valence-electron chi connectivity index (χ4n) is 4.36. The first-order valence-corrected chi connectivity index (χ1v) is 12.2. The fraction of sp³-hybridized carbons (Fsp3) is 0.259. The van der Waals surface area contributed by atoms with Gasteiger partial charge in [-0.1, -0.05) is 45.2 Å². The molecule has 32 heavy (non-hydrogen) atoms. The highest BCUT2D eigenvalue weighted by molar-refractivity contribution is 7.08. The zero-order valence-corrected chi connectivity index (χ0v) is 20.0. The molecular weight excluding hydrogens is 412 g/mol. The summed E-state index contributed by atoms with van der Waals surface area (Å²) in [5.74, 6) is 0. The predicted molar refractivity (Wildman–Crippen MR) is 140 cm³/mol. The van der Waals surface area contributed by atoms with Gasteiger partial charge in [0.25, 0.3) is 0 Å². The molecule has 0 bridgehead atoms. The minimum atomic E-state index is 0.874. The minimum absolute atomic E-state index is 0.874. The molecule has 5 heteroatoms. The first-order chi connectivity index (χ1) is 15.5. The molecule has 0 saturated carbocycles. The van der Waals surface area contributed by atoms with Crippen molar-refractivity contribution in [2.75, 3.05) is 26.2 Å². The van der Waals surface area contributed by atoms with Gasteiger partial charge in [-0.2, -0.15) is 11.3 Å². The largest absolute Gasteiger partial charge is 0.384 e. The third-order valence-corrected chi connectivity index (χ3v) is 6.79. The van der Waals surface area contributed by atoms with Crippen LogP contribution in [-0.2, 0) is 0 Å². The number of aryl methyl sites for hydroxylation is 1. The molecule has 166 valence electrons. The summed E-state index contributed by atoms with van der Waals surface area (Å²) in [5, 5.41) is 11.1. The van der Waals surface area contributed by atoms with E-state index in [9.17, 15) is 0 Å². The molecule has 4 aromatic rings. The minimum Gasteiger partial charge on any atom is -0.384 e. The molecule has 0 unspecified atom stereocenters. The van der Waals surface area contributed by atoms with Crippen LogP contribution in [0, 0.1) is 6.92 Å². The van der Waals surface area contributed by atoms with E-state index in [0.29, 0.717) is 0 Å². The summed E-state index contributed by atoms with van der Waals surface area (Å²) in [6, 6.07) is 10.5. The average molecular weight is 445 g/mol. The van der Waals surface area contributed by atoms with Crippen LogP contribution in [0.5, 0.6) is 0 Å². The second kappa shape index (κ2) is 9.63. The van der Waals surface area contributed by atoms with E-state index in [4.69, 9.17) is 0 Å². The van der Waals surface area contributed by atoms with Crippen LogP contribution in [0.25, 0.3) is 40.4 Å². The number of H-pyrrole nitrogens is 2. The van der Waals surface area contributed by atoms with Crippen LogP contribution in [0.2, 0.25) is 0 Å². The van der Waals surface area contributed by atoms with E-state index in [0.717, 1.165) is 64.9 Å². The number of aromatic nitrogens is 2. The van der Waals surface area contributed by atoms with Crippen molar-refractivity contribution in [3.05, 3.63) is 75.2 Å². The molecule has 0 saturated heterocycles. The SMILES string of the molecule is C=C(NCCN(CC)CC)c1c(C)[nH]c(/C=c2\c(=C)[nH]c3ccccc23)c1-c1ccsc1. The lowest BCUT2D eigenvalue weighted by Gasteiger charge is -2.19. The molecule has 0 aliphatic heterocycles. The highest BCUT2D eigenvalue weighted by Crippen LogP contribution is 2.35. The van der Waals surface area contributed by atoms with Gasteiger partial charge in [0.05, 0.1) is 0 Å². The highest BCUT2D eigenvalue weighted by Gasteiger charge is 2.18. The lowest BCUT2D eigenvalue weighted by molar-refractivity contribution is 0.308. The molecule has 0 fully saturated rings. The molecular formula is C27H32N4S. The number of aromatic amines is 2. The van der Waals surface area contributed by atoms with Crippen molar-refractivity contribution in [2.45, 2.75) is 20.8 Å². The quantitative estimate of drug-likeness (QED) is 0.351. The van der Waals surface area contributed by atoms with Crippen LogP contribution >= 0.6 is 11.3 Å². The van der Waals surface area contributed by atoms with Crippen molar-refractivity contribution in [3.63, 3.8) is 0 Å². The monoisotopic (exact) mass is 444 g/mol. The van der Waals surface area contributed by atoms with Gasteiger partial charge >= 0.3 is 0 Å². The van der Waals surface area contributed by atoms with Crippen LogP contribution in [0.3, 0.4) is 0 Å². The summed E-state index contributed by atoms with van der Waals surface area (Å²) < 4.78 is 0. The Bertz CT molecular complexity index is 1320. The van der Waals surface area contributed by atoms with Gasteiger partial charge in [0.15, 0.2) is 0 Å². The summed E-state index contributed by atoms with van der Waals surface area (Å²) in [6.45, 7) is 19.2. The number of rotatable bonds is 9. The van der Waals surface area contributed by atoms with Gasteiger partial charge in [-0.15, -0.1) is 0 Å².